The minimum absolute atomic E-state index is 0.296. The van der Waals surface area contributed by atoms with Crippen LogP contribution >= 0.6 is 0 Å². The molecule has 1 unspecified atom stereocenters. The molecule has 0 heterocycles. The van der Waals surface area contributed by atoms with Crippen LogP contribution in [0.15, 0.2) is 48.5 Å². The molecule has 22 heavy (non-hydrogen) atoms. The summed E-state index contributed by atoms with van der Waals surface area (Å²) in [5, 5.41) is 0. The number of primary amides is 1. The number of benzene rings is 2. The molecule has 2 aromatic carbocycles. The Bertz CT molecular complexity index is 682. The molecule has 0 aliphatic carbocycles. The first-order valence-corrected chi connectivity index (χ1v) is 6.73. The summed E-state index contributed by atoms with van der Waals surface area (Å²) in [4.78, 5) is 23.8. The van der Waals surface area contributed by atoms with Gasteiger partial charge in [0.1, 0.15) is 5.75 Å². The number of hydrogen-bond donors (Lipinski definition) is 1. The Morgan fingerprint density at radius 2 is 1.77 bits per heavy atom. The minimum atomic E-state index is -1.12. The topological polar surface area (TPSA) is 78.6 Å². The average molecular weight is 299 g/mol. The van der Waals surface area contributed by atoms with Gasteiger partial charge >= 0.3 is 5.97 Å². The third-order valence-electron chi connectivity index (χ3n) is 3.23. The van der Waals surface area contributed by atoms with Crippen molar-refractivity contribution < 1.29 is 19.1 Å². The summed E-state index contributed by atoms with van der Waals surface area (Å²) in [6.45, 7) is 1.87. The first-order chi connectivity index (χ1) is 10.5. The van der Waals surface area contributed by atoms with Gasteiger partial charge in [0.2, 0.25) is 6.10 Å². The van der Waals surface area contributed by atoms with Crippen LogP contribution in [0.4, 0.5) is 0 Å². The van der Waals surface area contributed by atoms with Crippen LogP contribution in [0.25, 0.3) is 0 Å². The minimum Gasteiger partial charge on any atom is -0.496 e. The Balaban J connectivity index is 2.24. The summed E-state index contributed by atoms with van der Waals surface area (Å²) in [6, 6.07) is 13.6. The number of hydrogen-bond acceptors (Lipinski definition) is 4. The van der Waals surface area contributed by atoms with Gasteiger partial charge in [-0.1, -0.05) is 36.4 Å². The summed E-state index contributed by atoms with van der Waals surface area (Å²) >= 11 is 0. The highest BCUT2D eigenvalue weighted by molar-refractivity contribution is 5.92. The fourth-order valence-electron chi connectivity index (χ4n) is 2.04. The van der Waals surface area contributed by atoms with Gasteiger partial charge in [-0.05, 0) is 24.6 Å². The fraction of sp³-hybridized carbons (Fsp3) is 0.176. The molecule has 2 rings (SSSR count). The number of rotatable bonds is 5. The Labute approximate surface area is 128 Å². The van der Waals surface area contributed by atoms with Crippen molar-refractivity contribution in [2.45, 2.75) is 13.0 Å². The van der Waals surface area contributed by atoms with E-state index in [0.717, 1.165) is 5.56 Å². The van der Waals surface area contributed by atoms with Crippen LogP contribution in [0.5, 0.6) is 5.75 Å². The Kier molecular flexibility index (Phi) is 4.78. The number of amides is 1. The van der Waals surface area contributed by atoms with Crippen molar-refractivity contribution in [2.24, 2.45) is 5.73 Å². The smallest absolute Gasteiger partial charge is 0.339 e. The fourth-order valence-corrected chi connectivity index (χ4v) is 2.04. The van der Waals surface area contributed by atoms with Crippen molar-refractivity contribution in [3.8, 4) is 5.75 Å². The van der Waals surface area contributed by atoms with Crippen LogP contribution in [-0.4, -0.2) is 19.0 Å². The summed E-state index contributed by atoms with van der Waals surface area (Å²) in [7, 11) is 1.52. The molecule has 0 fully saturated rings. The number of aryl methyl sites for hydroxylation is 1. The van der Waals surface area contributed by atoms with Gasteiger partial charge in [-0.15, -0.1) is 0 Å². The predicted molar refractivity (Wildman–Crippen MR) is 81.5 cm³/mol. The molecule has 5 nitrogen and oxygen atoms in total. The number of carbonyl (C=O) groups excluding carboxylic acids is 2. The molecule has 1 amide bonds. The molecule has 0 saturated carbocycles. The molecule has 0 aromatic heterocycles. The maximum atomic E-state index is 12.2. The molecular weight excluding hydrogens is 282 g/mol. The van der Waals surface area contributed by atoms with E-state index in [1.165, 1.54) is 7.11 Å². The van der Waals surface area contributed by atoms with Crippen LogP contribution in [0.3, 0.4) is 0 Å². The van der Waals surface area contributed by atoms with E-state index in [2.05, 4.69) is 0 Å². The normalized spacial score (nSPS) is 11.5. The first-order valence-electron chi connectivity index (χ1n) is 6.73. The monoisotopic (exact) mass is 299 g/mol. The van der Waals surface area contributed by atoms with Gasteiger partial charge in [0.15, 0.2) is 0 Å². The zero-order chi connectivity index (χ0) is 16.1. The van der Waals surface area contributed by atoms with Crippen LogP contribution < -0.4 is 10.5 Å². The maximum Gasteiger partial charge on any atom is 0.339 e. The van der Waals surface area contributed by atoms with E-state index in [0.29, 0.717) is 16.9 Å². The molecule has 0 spiro atoms. The molecule has 5 heteroatoms. The lowest BCUT2D eigenvalue weighted by Crippen LogP contribution is -2.26. The maximum absolute atomic E-state index is 12.2. The third kappa shape index (κ3) is 3.44. The molecule has 114 valence electrons. The van der Waals surface area contributed by atoms with Crippen molar-refractivity contribution in [1.82, 2.24) is 0 Å². The summed E-state index contributed by atoms with van der Waals surface area (Å²) in [5.41, 5.74) is 7.06. The number of nitrogens with two attached hydrogens (primary N) is 1. The van der Waals surface area contributed by atoms with Gasteiger partial charge in [-0.25, -0.2) is 4.79 Å². The van der Waals surface area contributed by atoms with E-state index < -0.39 is 18.0 Å². The Morgan fingerprint density at radius 3 is 2.36 bits per heavy atom. The average Bonchev–Trinajstić information content (AvgIpc) is 2.53. The number of esters is 1. The highest BCUT2D eigenvalue weighted by Gasteiger charge is 2.23. The molecular formula is C17H17NO4. The predicted octanol–water partition coefficient (Wildman–Crippen LogP) is 2.39. The zero-order valence-electron chi connectivity index (χ0n) is 12.4. The quantitative estimate of drug-likeness (QED) is 0.860. The molecule has 0 aliphatic rings. The van der Waals surface area contributed by atoms with E-state index in [1.54, 1.807) is 48.5 Å². The van der Waals surface area contributed by atoms with Gasteiger partial charge in [0, 0.05) is 5.56 Å². The Hall–Kier alpha value is -2.82. The van der Waals surface area contributed by atoms with Gasteiger partial charge in [0.05, 0.1) is 12.7 Å². The van der Waals surface area contributed by atoms with Crippen LogP contribution in [0.1, 0.15) is 27.6 Å². The van der Waals surface area contributed by atoms with Crippen molar-refractivity contribution in [2.75, 3.05) is 7.11 Å². The molecule has 0 aliphatic heterocycles. The van der Waals surface area contributed by atoms with E-state index in [9.17, 15) is 9.59 Å². The van der Waals surface area contributed by atoms with Crippen molar-refractivity contribution >= 4 is 11.9 Å². The molecule has 2 N–H and O–H groups in total. The van der Waals surface area contributed by atoms with Crippen molar-refractivity contribution in [3.05, 3.63) is 65.2 Å². The third-order valence-corrected chi connectivity index (χ3v) is 3.23. The highest BCUT2D eigenvalue weighted by atomic mass is 16.5. The lowest BCUT2D eigenvalue weighted by Gasteiger charge is -2.15. The summed E-state index contributed by atoms with van der Waals surface area (Å²) in [6.07, 6.45) is -1.12. The van der Waals surface area contributed by atoms with Crippen molar-refractivity contribution in [3.63, 3.8) is 0 Å². The van der Waals surface area contributed by atoms with Crippen LogP contribution in [0, 0.1) is 6.92 Å². The number of methoxy groups -OCH3 is 1. The van der Waals surface area contributed by atoms with E-state index in [1.807, 2.05) is 6.92 Å². The highest BCUT2D eigenvalue weighted by Crippen LogP contribution is 2.22. The van der Waals surface area contributed by atoms with Crippen LogP contribution in [-0.2, 0) is 9.53 Å². The lowest BCUT2D eigenvalue weighted by molar-refractivity contribution is -0.127. The molecule has 1 atom stereocenters. The number of ether oxygens (including phenoxy) is 2. The second-order valence-corrected chi connectivity index (χ2v) is 4.78. The van der Waals surface area contributed by atoms with Crippen LogP contribution in [0.2, 0.25) is 0 Å². The summed E-state index contributed by atoms with van der Waals surface area (Å²) < 4.78 is 10.4. The molecule has 0 bridgehead atoms. The van der Waals surface area contributed by atoms with Gasteiger partial charge < -0.3 is 15.2 Å². The van der Waals surface area contributed by atoms with Gasteiger partial charge in [-0.2, -0.15) is 0 Å². The molecule has 0 radical (unpaired) electrons. The standard InChI is InChI=1S/C17H17NO4/c1-11-8-9-13(10-14(11)21-2)17(20)22-15(16(18)19)12-6-4-3-5-7-12/h3-10,15H,1-2H3,(H2,18,19). The molecule has 0 saturated heterocycles. The summed E-state index contributed by atoms with van der Waals surface area (Å²) in [5.74, 6) is -0.783. The van der Waals surface area contributed by atoms with E-state index in [4.69, 9.17) is 15.2 Å². The Morgan fingerprint density at radius 1 is 1.09 bits per heavy atom. The molecule has 2 aromatic rings. The SMILES string of the molecule is COc1cc(C(=O)OC(C(N)=O)c2ccccc2)ccc1C. The second kappa shape index (κ2) is 6.76. The largest absolute Gasteiger partial charge is 0.496 e. The lowest BCUT2D eigenvalue weighted by atomic mass is 10.1. The second-order valence-electron chi connectivity index (χ2n) is 4.78. The van der Waals surface area contributed by atoms with Gasteiger partial charge in [0.25, 0.3) is 5.91 Å². The van der Waals surface area contributed by atoms with E-state index in [-0.39, 0.29) is 0 Å². The van der Waals surface area contributed by atoms with Crippen molar-refractivity contribution in [1.29, 1.82) is 0 Å². The van der Waals surface area contributed by atoms with Gasteiger partial charge in [-0.3, -0.25) is 4.79 Å². The zero-order valence-corrected chi connectivity index (χ0v) is 12.4. The first kappa shape index (κ1) is 15.6. The number of carbonyl (C=O) groups is 2. The van der Waals surface area contributed by atoms with E-state index >= 15 is 0 Å².